The lowest BCUT2D eigenvalue weighted by atomic mass is 9.73. The van der Waals surface area contributed by atoms with E-state index in [1.54, 1.807) is 0 Å². The summed E-state index contributed by atoms with van der Waals surface area (Å²) in [6, 6.07) is 29.6. The van der Waals surface area contributed by atoms with Crippen molar-refractivity contribution in [2.75, 3.05) is 0 Å². The second-order valence-electron chi connectivity index (χ2n) is 13.7. The molecule has 2 aliphatic rings. The summed E-state index contributed by atoms with van der Waals surface area (Å²) in [6.45, 7) is 15.1. The lowest BCUT2D eigenvalue weighted by molar-refractivity contribution is -0.159. The number of phenolic OH excluding ortho intramolecular Hbond substituents is 1. The van der Waals surface area contributed by atoms with Crippen LogP contribution in [0.5, 0.6) is 11.5 Å². The van der Waals surface area contributed by atoms with Crippen molar-refractivity contribution in [1.29, 1.82) is 0 Å². The van der Waals surface area contributed by atoms with Crippen LogP contribution in [-0.2, 0) is 21.4 Å². The molecule has 2 aliphatic heterocycles. The van der Waals surface area contributed by atoms with Crippen LogP contribution in [0.2, 0.25) is 0 Å². The second kappa shape index (κ2) is 9.55. The van der Waals surface area contributed by atoms with Gasteiger partial charge >= 0.3 is 0 Å². The topological polar surface area (TPSA) is 38.7 Å². The molecular weight excluding hydrogens is 504 g/mol. The molecule has 0 saturated carbocycles. The van der Waals surface area contributed by atoms with Crippen molar-refractivity contribution in [3.05, 3.63) is 129 Å². The molecule has 0 unspecified atom stereocenters. The fraction of sp³-hybridized carbons (Fsp3) is 0.316. The van der Waals surface area contributed by atoms with Crippen molar-refractivity contribution in [3.63, 3.8) is 0 Å². The lowest BCUT2D eigenvalue weighted by Crippen LogP contribution is -2.43. The van der Waals surface area contributed by atoms with Gasteiger partial charge in [-0.05, 0) is 58.2 Å². The summed E-state index contributed by atoms with van der Waals surface area (Å²) >= 11 is 0. The maximum absolute atomic E-state index is 11.5. The van der Waals surface area contributed by atoms with Crippen molar-refractivity contribution in [3.8, 4) is 11.5 Å². The van der Waals surface area contributed by atoms with Gasteiger partial charge in [-0.25, -0.2) is 0 Å². The average molecular weight is 545 g/mol. The first-order chi connectivity index (χ1) is 19.4. The van der Waals surface area contributed by atoms with Crippen LogP contribution in [0.25, 0.3) is 11.8 Å². The monoisotopic (exact) mass is 544 g/mol. The Morgan fingerprint density at radius 1 is 0.756 bits per heavy atom. The SMILES string of the molecule is Cc1cccc(C2=Cc3ccccc3[C@@]3(C[C@H](c4cc(C(C)(C)C)c(O)c(C(C)(C)C)c4)c4ccccc4O3)O2)c1. The average Bonchev–Trinajstić information content (AvgIpc) is 2.91. The van der Waals surface area contributed by atoms with Gasteiger partial charge in [0.05, 0.1) is 0 Å². The summed E-state index contributed by atoms with van der Waals surface area (Å²) < 4.78 is 13.9. The second-order valence-corrected chi connectivity index (χ2v) is 13.7. The minimum absolute atomic E-state index is 0.00679. The van der Waals surface area contributed by atoms with E-state index in [0.29, 0.717) is 12.2 Å². The van der Waals surface area contributed by atoms with Crippen molar-refractivity contribution in [2.45, 2.75) is 77.4 Å². The number of aromatic hydroxyl groups is 1. The van der Waals surface area contributed by atoms with Crippen LogP contribution in [0, 0.1) is 6.92 Å². The van der Waals surface area contributed by atoms with E-state index in [1.807, 2.05) is 6.07 Å². The molecule has 210 valence electrons. The van der Waals surface area contributed by atoms with E-state index in [0.717, 1.165) is 44.9 Å². The van der Waals surface area contributed by atoms with Gasteiger partial charge in [0.2, 0.25) is 0 Å². The molecule has 0 bridgehead atoms. The van der Waals surface area contributed by atoms with Gasteiger partial charge < -0.3 is 14.6 Å². The normalized spacial score (nSPS) is 20.0. The Labute approximate surface area is 244 Å². The van der Waals surface area contributed by atoms with E-state index < -0.39 is 5.79 Å². The smallest absolute Gasteiger partial charge is 0.279 e. The highest BCUT2D eigenvalue weighted by molar-refractivity contribution is 5.81. The lowest BCUT2D eigenvalue weighted by Gasteiger charge is -2.45. The number of ether oxygens (including phenoxy) is 2. The number of hydrogen-bond donors (Lipinski definition) is 1. The fourth-order valence-electron chi connectivity index (χ4n) is 6.30. The zero-order valence-corrected chi connectivity index (χ0v) is 25.2. The maximum atomic E-state index is 11.5. The Morgan fingerprint density at radius 2 is 1.41 bits per heavy atom. The van der Waals surface area contributed by atoms with Crippen LogP contribution in [0.15, 0.2) is 84.9 Å². The number of para-hydroxylation sites is 1. The first-order valence-corrected chi connectivity index (χ1v) is 14.6. The van der Waals surface area contributed by atoms with Crippen LogP contribution < -0.4 is 4.74 Å². The maximum Gasteiger partial charge on any atom is 0.279 e. The van der Waals surface area contributed by atoms with Gasteiger partial charge in [-0.2, -0.15) is 0 Å². The van der Waals surface area contributed by atoms with Crippen LogP contribution in [0.1, 0.15) is 98.4 Å². The van der Waals surface area contributed by atoms with Gasteiger partial charge in [0, 0.05) is 29.0 Å². The molecule has 0 radical (unpaired) electrons. The molecule has 0 aromatic heterocycles. The Kier molecular flexibility index (Phi) is 6.33. The number of rotatable bonds is 2. The highest BCUT2D eigenvalue weighted by atomic mass is 16.7. The molecule has 0 saturated heterocycles. The minimum atomic E-state index is -1.01. The van der Waals surface area contributed by atoms with Crippen molar-refractivity contribution in [2.24, 2.45) is 0 Å². The van der Waals surface area contributed by atoms with E-state index in [2.05, 4.69) is 133 Å². The largest absolute Gasteiger partial charge is 0.507 e. The summed E-state index contributed by atoms with van der Waals surface area (Å²) in [5.74, 6) is 1.01. The summed E-state index contributed by atoms with van der Waals surface area (Å²) in [4.78, 5) is 0. The quantitative estimate of drug-likeness (QED) is 0.273. The van der Waals surface area contributed by atoms with E-state index in [1.165, 1.54) is 11.1 Å². The van der Waals surface area contributed by atoms with Gasteiger partial charge in [-0.15, -0.1) is 0 Å². The Hall–Kier alpha value is -3.98. The summed E-state index contributed by atoms with van der Waals surface area (Å²) in [7, 11) is 0. The van der Waals surface area contributed by atoms with Crippen molar-refractivity contribution in [1.82, 2.24) is 0 Å². The van der Waals surface area contributed by atoms with E-state index in [9.17, 15) is 5.11 Å². The predicted molar refractivity (Wildman–Crippen MR) is 167 cm³/mol. The van der Waals surface area contributed by atoms with Crippen LogP contribution in [-0.4, -0.2) is 5.11 Å². The molecule has 4 aromatic rings. The van der Waals surface area contributed by atoms with Crippen LogP contribution >= 0.6 is 0 Å². The van der Waals surface area contributed by atoms with Gasteiger partial charge in [0.25, 0.3) is 5.79 Å². The molecule has 1 N–H and O–H groups in total. The molecule has 4 aromatic carbocycles. The standard InChI is InChI=1S/C38H40O3/c1-24-13-12-15-26(19-24)34-22-25-14-8-10-17-30(25)38(41-34)23-29(28-16-9-11-18-33(28)40-38)27-20-31(36(2,3)4)35(39)32(21-27)37(5,6)7/h8-22,29,39H,23H2,1-7H3/t29-,38-/m1/s1. The highest BCUT2D eigenvalue weighted by Gasteiger charge is 2.48. The van der Waals surface area contributed by atoms with Gasteiger partial charge in [0.15, 0.2) is 0 Å². The molecular formula is C38H40O3. The third kappa shape index (κ3) is 4.82. The van der Waals surface area contributed by atoms with E-state index >= 15 is 0 Å². The minimum Gasteiger partial charge on any atom is -0.507 e. The Morgan fingerprint density at radius 3 is 2.10 bits per heavy atom. The first-order valence-electron chi connectivity index (χ1n) is 14.6. The number of benzene rings is 4. The van der Waals surface area contributed by atoms with Crippen LogP contribution in [0.3, 0.4) is 0 Å². The Balaban J connectivity index is 1.56. The molecule has 0 aliphatic carbocycles. The first kappa shape index (κ1) is 27.2. The number of hydrogen-bond acceptors (Lipinski definition) is 3. The third-order valence-electron chi connectivity index (χ3n) is 8.43. The molecule has 1 spiro atoms. The summed E-state index contributed by atoms with van der Waals surface area (Å²) in [5, 5.41) is 11.5. The van der Waals surface area contributed by atoms with Gasteiger partial charge in [0.1, 0.15) is 17.3 Å². The summed E-state index contributed by atoms with van der Waals surface area (Å²) in [6.07, 6.45) is 2.73. The molecule has 0 amide bonds. The molecule has 6 rings (SSSR count). The number of fused-ring (bicyclic) bond motifs is 3. The third-order valence-corrected chi connectivity index (χ3v) is 8.43. The summed E-state index contributed by atoms with van der Waals surface area (Å²) in [5.41, 5.74) is 8.12. The van der Waals surface area contributed by atoms with Crippen molar-refractivity contribution < 1.29 is 14.6 Å². The molecule has 41 heavy (non-hydrogen) atoms. The van der Waals surface area contributed by atoms with Gasteiger partial charge in [-0.1, -0.05) is 120 Å². The Bertz CT molecular complexity index is 1630. The predicted octanol–water partition coefficient (Wildman–Crippen LogP) is 9.59. The zero-order valence-electron chi connectivity index (χ0n) is 25.2. The van der Waals surface area contributed by atoms with E-state index in [4.69, 9.17) is 9.47 Å². The number of phenols is 1. The fourth-order valence-corrected chi connectivity index (χ4v) is 6.30. The van der Waals surface area contributed by atoms with Gasteiger partial charge in [-0.3, -0.25) is 0 Å². The molecule has 3 nitrogen and oxygen atoms in total. The zero-order chi connectivity index (χ0) is 29.2. The molecule has 2 atom stereocenters. The number of aryl methyl sites for hydroxylation is 1. The van der Waals surface area contributed by atoms with Crippen molar-refractivity contribution >= 4 is 11.8 Å². The van der Waals surface area contributed by atoms with Crippen LogP contribution in [0.4, 0.5) is 0 Å². The van der Waals surface area contributed by atoms with E-state index in [-0.39, 0.29) is 16.7 Å². The molecule has 3 heteroatoms. The molecule has 2 heterocycles. The highest BCUT2D eigenvalue weighted by Crippen LogP contribution is 2.54. The molecule has 0 fully saturated rings.